The van der Waals surface area contributed by atoms with E-state index >= 15 is 0 Å². The first-order valence-electron chi connectivity index (χ1n) is 9.80. The van der Waals surface area contributed by atoms with Gasteiger partial charge in [-0.3, -0.25) is 0 Å². The van der Waals surface area contributed by atoms with E-state index < -0.39 is 0 Å². The molecule has 0 radical (unpaired) electrons. The summed E-state index contributed by atoms with van der Waals surface area (Å²) in [4.78, 5) is 17.5. The molecule has 3 rings (SSSR count). The van der Waals surface area contributed by atoms with Crippen LogP contribution < -0.4 is 15.5 Å². The number of aromatic nitrogens is 2. The Kier molecular flexibility index (Phi) is 9.43. The Hall–Kier alpha value is -1.42. The lowest BCUT2D eigenvalue weighted by Gasteiger charge is -2.27. The summed E-state index contributed by atoms with van der Waals surface area (Å²) in [5.41, 5.74) is 2.30. The van der Waals surface area contributed by atoms with Gasteiger partial charge in [0.15, 0.2) is 5.96 Å². The van der Waals surface area contributed by atoms with Crippen LogP contribution in [-0.2, 0) is 13.1 Å². The summed E-state index contributed by atoms with van der Waals surface area (Å²) < 4.78 is 0. The lowest BCUT2D eigenvalue weighted by molar-refractivity contribution is 0.573. The fraction of sp³-hybridized carbons (Fsp3) is 0.550. The predicted octanol–water partition coefficient (Wildman–Crippen LogP) is 4.02. The number of guanidine groups is 1. The number of aliphatic imine (C=N–C) groups is 1. The zero-order valence-corrected chi connectivity index (χ0v) is 20.1. The van der Waals surface area contributed by atoms with Crippen molar-refractivity contribution < 1.29 is 0 Å². The molecule has 2 aromatic heterocycles. The van der Waals surface area contributed by atoms with Gasteiger partial charge in [-0.05, 0) is 57.7 Å². The Bertz CT molecular complexity index is 750. The molecule has 154 valence electrons. The first kappa shape index (κ1) is 22.9. The highest BCUT2D eigenvalue weighted by Crippen LogP contribution is 2.19. The first-order chi connectivity index (χ1) is 13.2. The number of nitrogens with zero attached hydrogens (tertiary/aromatic N) is 4. The van der Waals surface area contributed by atoms with Gasteiger partial charge in [0.25, 0.3) is 0 Å². The third-order valence-electron chi connectivity index (χ3n) is 4.73. The number of pyridine rings is 1. The Balaban J connectivity index is 0.00000280. The maximum Gasteiger partial charge on any atom is 0.191 e. The first-order valence-corrected chi connectivity index (χ1v) is 10.6. The van der Waals surface area contributed by atoms with E-state index in [0.29, 0.717) is 13.1 Å². The van der Waals surface area contributed by atoms with Crippen LogP contribution in [0.15, 0.2) is 23.3 Å². The molecular formula is C20H31IN6S. The lowest BCUT2D eigenvalue weighted by atomic mass is 10.1. The molecule has 2 N–H and O–H groups in total. The minimum absolute atomic E-state index is 0. The zero-order chi connectivity index (χ0) is 19.1. The highest BCUT2D eigenvalue weighted by atomic mass is 127. The summed E-state index contributed by atoms with van der Waals surface area (Å²) in [5.74, 6) is 1.90. The van der Waals surface area contributed by atoms with Crippen LogP contribution in [0, 0.1) is 13.8 Å². The molecule has 1 aliphatic heterocycles. The van der Waals surface area contributed by atoms with Crippen molar-refractivity contribution in [2.45, 2.75) is 53.1 Å². The van der Waals surface area contributed by atoms with Crippen LogP contribution in [0.2, 0.25) is 0 Å². The van der Waals surface area contributed by atoms with Gasteiger partial charge < -0.3 is 15.5 Å². The summed E-state index contributed by atoms with van der Waals surface area (Å²) in [7, 11) is 0. The van der Waals surface area contributed by atoms with Crippen LogP contribution in [0.5, 0.6) is 0 Å². The van der Waals surface area contributed by atoms with E-state index in [4.69, 9.17) is 4.99 Å². The highest BCUT2D eigenvalue weighted by molar-refractivity contribution is 14.0. The number of rotatable bonds is 6. The Morgan fingerprint density at radius 3 is 2.68 bits per heavy atom. The SMILES string of the molecule is CCNC(=NCc1ccnc(N2CCCCC2)c1)NCc1nc(C)c(C)s1.I. The van der Waals surface area contributed by atoms with Crippen molar-refractivity contribution in [2.75, 3.05) is 24.5 Å². The van der Waals surface area contributed by atoms with Crippen molar-refractivity contribution in [1.82, 2.24) is 20.6 Å². The molecule has 0 aromatic carbocycles. The molecule has 3 heterocycles. The molecule has 1 fully saturated rings. The number of hydrogen-bond donors (Lipinski definition) is 2. The van der Waals surface area contributed by atoms with Crippen LogP contribution in [0.4, 0.5) is 5.82 Å². The van der Waals surface area contributed by atoms with E-state index in [1.54, 1.807) is 11.3 Å². The molecule has 2 aromatic rings. The Labute approximate surface area is 189 Å². The number of nitrogens with one attached hydrogen (secondary N) is 2. The number of piperidine rings is 1. The molecule has 0 bridgehead atoms. The van der Waals surface area contributed by atoms with Gasteiger partial charge in [0.05, 0.1) is 18.8 Å². The minimum atomic E-state index is 0. The topological polar surface area (TPSA) is 65.4 Å². The highest BCUT2D eigenvalue weighted by Gasteiger charge is 2.12. The molecule has 0 saturated carbocycles. The standard InChI is InChI=1S/C20H30N6S.HI/c1-4-21-20(24-14-19-25-15(2)16(3)27-19)23-13-17-8-9-22-18(12-17)26-10-6-5-7-11-26;/h8-9,12H,4-7,10-11,13-14H2,1-3H3,(H2,21,23,24);1H. The lowest BCUT2D eigenvalue weighted by Crippen LogP contribution is -2.36. The summed E-state index contributed by atoms with van der Waals surface area (Å²) in [6, 6.07) is 4.22. The van der Waals surface area contributed by atoms with Crippen LogP contribution in [0.3, 0.4) is 0 Å². The number of halogens is 1. The molecule has 0 spiro atoms. The summed E-state index contributed by atoms with van der Waals surface area (Å²) >= 11 is 1.74. The van der Waals surface area contributed by atoms with E-state index in [-0.39, 0.29) is 24.0 Å². The van der Waals surface area contributed by atoms with Crippen LogP contribution in [0.25, 0.3) is 0 Å². The zero-order valence-electron chi connectivity index (χ0n) is 17.0. The Morgan fingerprint density at radius 2 is 2.00 bits per heavy atom. The van der Waals surface area contributed by atoms with E-state index in [2.05, 4.69) is 52.3 Å². The second-order valence-corrected chi connectivity index (χ2v) is 8.16. The fourth-order valence-electron chi connectivity index (χ4n) is 3.14. The molecule has 0 aliphatic carbocycles. The molecule has 0 unspecified atom stereocenters. The van der Waals surface area contributed by atoms with Gasteiger partial charge in [0.1, 0.15) is 10.8 Å². The smallest absolute Gasteiger partial charge is 0.191 e. The second-order valence-electron chi connectivity index (χ2n) is 6.87. The molecule has 0 atom stereocenters. The van der Waals surface area contributed by atoms with Gasteiger partial charge in [-0.1, -0.05) is 0 Å². The minimum Gasteiger partial charge on any atom is -0.357 e. The molecule has 0 amide bonds. The maximum absolute atomic E-state index is 4.74. The third-order valence-corrected chi connectivity index (χ3v) is 5.81. The average Bonchev–Trinajstić information content (AvgIpc) is 3.02. The molecule has 6 nitrogen and oxygen atoms in total. The van der Waals surface area contributed by atoms with E-state index in [0.717, 1.165) is 42.1 Å². The number of hydrogen-bond acceptors (Lipinski definition) is 5. The normalized spacial score (nSPS) is 14.5. The van der Waals surface area contributed by atoms with Gasteiger partial charge in [0.2, 0.25) is 0 Å². The average molecular weight is 514 g/mol. The van der Waals surface area contributed by atoms with Crippen molar-refractivity contribution in [3.05, 3.63) is 39.5 Å². The quantitative estimate of drug-likeness (QED) is 0.347. The Morgan fingerprint density at radius 1 is 1.21 bits per heavy atom. The van der Waals surface area contributed by atoms with Crippen molar-refractivity contribution >= 4 is 47.1 Å². The summed E-state index contributed by atoms with van der Waals surface area (Å²) in [6.45, 7) is 10.6. The molecule has 1 aliphatic rings. The molecular weight excluding hydrogens is 483 g/mol. The maximum atomic E-state index is 4.74. The molecule has 28 heavy (non-hydrogen) atoms. The summed E-state index contributed by atoms with van der Waals surface area (Å²) in [6.07, 6.45) is 5.75. The van der Waals surface area contributed by atoms with Gasteiger partial charge in [-0.15, -0.1) is 35.3 Å². The van der Waals surface area contributed by atoms with E-state index in [9.17, 15) is 0 Å². The van der Waals surface area contributed by atoms with Gasteiger partial charge in [-0.25, -0.2) is 15.0 Å². The van der Waals surface area contributed by atoms with E-state index in [1.807, 2.05) is 12.3 Å². The number of thiazole rings is 1. The van der Waals surface area contributed by atoms with Crippen LogP contribution in [0.1, 0.15) is 47.3 Å². The van der Waals surface area contributed by atoms with Crippen molar-refractivity contribution in [2.24, 2.45) is 4.99 Å². The second kappa shape index (κ2) is 11.5. The number of anilines is 1. The van der Waals surface area contributed by atoms with Gasteiger partial charge in [0, 0.05) is 30.7 Å². The van der Waals surface area contributed by atoms with Crippen LogP contribution >= 0.6 is 35.3 Å². The van der Waals surface area contributed by atoms with Crippen LogP contribution in [-0.4, -0.2) is 35.6 Å². The van der Waals surface area contributed by atoms with Crippen molar-refractivity contribution in [1.29, 1.82) is 0 Å². The molecule has 8 heteroatoms. The van der Waals surface area contributed by atoms with Gasteiger partial charge in [-0.2, -0.15) is 0 Å². The summed E-state index contributed by atoms with van der Waals surface area (Å²) in [5, 5.41) is 7.79. The monoisotopic (exact) mass is 514 g/mol. The van der Waals surface area contributed by atoms with Gasteiger partial charge >= 0.3 is 0 Å². The van der Waals surface area contributed by atoms with Crippen molar-refractivity contribution in [3.63, 3.8) is 0 Å². The van der Waals surface area contributed by atoms with Crippen molar-refractivity contribution in [3.8, 4) is 0 Å². The number of aryl methyl sites for hydroxylation is 2. The molecule has 1 saturated heterocycles. The third kappa shape index (κ3) is 6.58. The predicted molar refractivity (Wildman–Crippen MR) is 129 cm³/mol. The largest absolute Gasteiger partial charge is 0.357 e. The fourth-order valence-corrected chi connectivity index (χ4v) is 4.01. The van der Waals surface area contributed by atoms with E-state index in [1.165, 1.54) is 29.7 Å².